The average molecular weight is 596 g/mol. The Morgan fingerprint density at radius 1 is 1.02 bits per heavy atom. The number of piperazine rings is 1. The van der Waals surface area contributed by atoms with Gasteiger partial charge in [0.25, 0.3) is 15.9 Å². The van der Waals surface area contributed by atoms with Crippen LogP contribution in [0.3, 0.4) is 0 Å². The Morgan fingerprint density at radius 3 is 2.35 bits per heavy atom. The van der Waals surface area contributed by atoms with Crippen molar-refractivity contribution in [2.45, 2.75) is 11.1 Å². The molecule has 0 aliphatic carbocycles. The number of carbonyl (C=O) groups excluding carboxylic acids is 1. The van der Waals surface area contributed by atoms with Crippen LogP contribution in [0.15, 0.2) is 71.8 Å². The van der Waals surface area contributed by atoms with Crippen molar-refractivity contribution >= 4 is 44.9 Å². The zero-order valence-corrected chi connectivity index (χ0v) is 22.7. The first-order valence-electron chi connectivity index (χ1n) is 11.9. The molecule has 14 heteroatoms. The molecule has 1 aliphatic heterocycles. The summed E-state index contributed by atoms with van der Waals surface area (Å²) in [5.74, 6) is 0.627. The summed E-state index contributed by atoms with van der Waals surface area (Å²) in [7, 11) is -2.31. The third kappa shape index (κ3) is 6.16. The minimum absolute atomic E-state index is 0. The zero-order valence-electron chi connectivity index (χ0n) is 21.1. The number of nitrogens with zero attached hydrogens (tertiary/aromatic N) is 3. The van der Waals surface area contributed by atoms with Crippen LogP contribution in [0, 0.1) is 0 Å². The molecule has 2 aromatic heterocycles. The van der Waals surface area contributed by atoms with Gasteiger partial charge in [0.15, 0.2) is 0 Å². The summed E-state index contributed by atoms with van der Waals surface area (Å²) in [5, 5.41) is 4.11. The number of fused-ring (bicyclic) bond motifs is 1. The molecule has 212 valence electrons. The van der Waals surface area contributed by atoms with Gasteiger partial charge in [-0.1, -0.05) is 0 Å². The molecule has 3 heterocycles. The molecule has 0 unspecified atom stereocenters. The number of rotatable bonds is 6. The summed E-state index contributed by atoms with van der Waals surface area (Å²) in [4.78, 5) is 18.6. The van der Waals surface area contributed by atoms with Crippen molar-refractivity contribution in [1.82, 2.24) is 19.8 Å². The van der Waals surface area contributed by atoms with Gasteiger partial charge in [-0.15, -0.1) is 12.4 Å². The number of hydrogen-bond donors (Lipinski definition) is 2. The molecular weight excluding hydrogens is 571 g/mol. The lowest BCUT2D eigenvalue weighted by atomic mass is 10.2. The highest BCUT2D eigenvalue weighted by Crippen LogP contribution is 2.31. The molecule has 0 spiro atoms. The topological polar surface area (TPSA) is 106 Å². The molecule has 5 rings (SSSR count). The molecule has 1 saturated heterocycles. The van der Waals surface area contributed by atoms with Gasteiger partial charge in [0, 0.05) is 50.7 Å². The van der Waals surface area contributed by atoms with Crippen molar-refractivity contribution < 1.29 is 31.1 Å². The number of ether oxygens (including phenoxy) is 1. The molecule has 0 atom stereocenters. The second-order valence-electron chi connectivity index (χ2n) is 8.97. The van der Waals surface area contributed by atoms with Crippen LogP contribution >= 0.6 is 12.4 Å². The van der Waals surface area contributed by atoms with E-state index in [1.54, 1.807) is 12.1 Å². The van der Waals surface area contributed by atoms with Crippen LogP contribution in [0.1, 0.15) is 16.1 Å². The number of aryl methyl sites for hydroxylation is 1. The Hall–Kier alpha value is -3.81. The van der Waals surface area contributed by atoms with E-state index in [-0.39, 0.29) is 34.8 Å². The van der Waals surface area contributed by atoms with E-state index in [0.29, 0.717) is 36.7 Å². The van der Waals surface area contributed by atoms with Crippen molar-refractivity contribution in [2.24, 2.45) is 7.05 Å². The lowest BCUT2D eigenvalue weighted by Crippen LogP contribution is -2.46. The fourth-order valence-electron chi connectivity index (χ4n) is 4.27. The van der Waals surface area contributed by atoms with Crippen molar-refractivity contribution in [3.63, 3.8) is 0 Å². The van der Waals surface area contributed by atoms with E-state index >= 15 is 0 Å². The van der Waals surface area contributed by atoms with Gasteiger partial charge in [0.2, 0.25) is 5.88 Å². The predicted molar refractivity (Wildman–Crippen MR) is 146 cm³/mol. The Balaban J connectivity index is 0.00000370. The average Bonchev–Trinajstić information content (AvgIpc) is 3.25. The lowest BCUT2D eigenvalue weighted by Gasteiger charge is -2.27. The van der Waals surface area contributed by atoms with E-state index in [9.17, 15) is 26.4 Å². The molecule has 2 aromatic carbocycles. The molecule has 9 nitrogen and oxygen atoms in total. The highest BCUT2D eigenvalue weighted by atomic mass is 35.5. The number of hydrogen-bond acceptors (Lipinski definition) is 6. The maximum absolute atomic E-state index is 13.0. The quantitative estimate of drug-likeness (QED) is 0.336. The first kappa shape index (κ1) is 29.2. The lowest BCUT2D eigenvalue weighted by molar-refractivity contribution is -0.137. The van der Waals surface area contributed by atoms with Gasteiger partial charge in [0.1, 0.15) is 11.4 Å². The number of sulfonamides is 1. The van der Waals surface area contributed by atoms with E-state index in [1.165, 1.54) is 18.3 Å². The van der Waals surface area contributed by atoms with Crippen LogP contribution in [-0.4, -0.2) is 55.0 Å². The van der Waals surface area contributed by atoms with Gasteiger partial charge >= 0.3 is 6.18 Å². The normalized spacial score (nSPS) is 14.1. The Bertz CT molecular complexity index is 1620. The fraction of sp³-hybridized carbons (Fsp3) is 0.231. The maximum Gasteiger partial charge on any atom is 0.416 e. The molecule has 4 aromatic rings. The third-order valence-electron chi connectivity index (χ3n) is 6.34. The van der Waals surface area contributed by atoms with Gasteiger partial charge in [-0.3, -0.25) is 9.52 Å². The van der Waals surface area contributed by atoms with Crippen molar-refractivity contribution in [2.75, 3.05) is 30.9 Å². The van der Waals surface area contributed by atoms with Gasteiger partial charge in [-0.2, -0.15) is 13.2 Å². The Morgan fingerprint density at radius 2 is 1.73 bits per heavy atom. The number of alkyl halides is 3. The first-order chi connectivity index (χ1) is 18.5. The predicted octanol–water partition coefficient (Wildman–Crippen LogP) is 4.65. The first-order valence-corrected chi connectivity index (χ1v) is 13.4. The van der Waals surface area contributed by atoms with Gasteiger partial charge in [0.05, 0.1) is 27.9 Å². The molecule has 0 saturated carbocycles. The number of carbonyl (C=O) groups is 1. The molecule has 0 radical (unpaired) electrons. The summed E-state index contributed by atoms with van der Waals surface area (Å²) < 4.78 is 73.3. The largest absolute Gasteiger partial charge is 0.439 e. The number of anilines is 1. The molecule has 0 bridgehead atoms. The van der Waals surface area contributed by atoms with Gasteiger partial charge < -0.3 is 19.5 Å². The molecule has 1 fully saturated rings. The van der Waals surface area contributed by atoms with Crippen LogP contribution in [0.2, 0.25) is 0 Å². The third-order valence-corrected chi connectivity index (χ3v) is 7.74. The van der Waals surface area contributed by atoms with Crippen LogP contribution in [0.5, 0.6) is 11.6 Å². The molecule has 40 heavy (non-hydrogen) atoms. The van der Waals surface area contributed by atoms with Gasteiger partial charge in [-0.25, -0.2) is 13.4 Å². The number of nitrogens with one attached hydrogen (secondary N) is 2. The summed E-state index contributed by atoms with van der Waals surface area (Å²) in [6, 6.07) is 13.3. The van der Waals surface area contributed by atoms with Crippen molar-refractivity contribution in [1.29, 1.82) is 0 Å². The summed E-state index contributed by atoms with van der Waals surface area (Å²) in [5.41, 5.74) is 0.537. The highest BCUT2D eigenvalue weighted by molar-refractivity contribution is 7.92. The van der Waals surface area contributed by atoms with E-state index in [1.807, 2.05) is 28.6 Å². The molecular formula is C26H25ClF3N5O4S. The minimum Gasteiger partial charge on any atom is -0.439 e. The Labute approximate surface area is 234 Å². The standard InChI is InChI=1S/C26H24F3N5O4S.ClH/c1-33-22-15-20(6-2-17(22)14-23(33)25(35)34-12-10-30-11-13-34)38-24-9-5-19(16-31-24)32-39(36,37)21-7-3-18(4-8-21)26(27,28)29;/h2-9,14-16,30,32H,10-13H2,1H3;1H. The number of halogens is 4. The highest BCUT2D eigenvalue weighted by Gasteiger charge is 2.30. The fourth-order valence-corrected chi connectivity index (χ4v) is 5.31. The van der Waals surface area contributed by atoms with Gasteiger partial charge in [-0.05, 0) is 48.5 Å². The minimum atomic E-state index is -4.56. The number of amides is 1. The maximum atomic E-state index is 13.0. The number of aromatic nitrogens is 2. The molecule has 1 aliphatic rings. The summed E-state index contributed by atoms with van der Waals surface area (Å²) in [6.45, 7) is 2.82. The van der Waals surface area contributed by atoms with Crippen molar-refractivity contribution in [3.05, 3.63) is 78.1 Å². The molecule has 1 amide bonds. The van der Waals surface area contributed by atoms with E-state index < -0.39 is 21.8 Å². The van der Waals surface area contributed by atoms with Crippen molar-refractivity contribution in [3.8, 4) is 11.6 Å². The Kier molecular flexibility index (Phi) is 8.28. The van der Waals surface area contributed by atoms with Crippen LogP contribution in [0.25, 0.3) is 10.9 Å². The van der Waals surface area contributed by atoms with Crippen LogP contribution in [-0.2, 0) is 23.2 Å². The summed E-state index contributed by atoms with van der Waals surface area (Å²) in [6.07, 6.45) is -3.33. The van der Waals surface area contributed by atoms with E-state index in [4.69, 9.17) is 4.74 Å². The molecule has 2 N–H and O–H groups in total. The SMILES string of the molecule is Cl.Cn1c(C(=O)N2CCNCC2)cc2ccc(Oc3ccc(NS(=O)(=O)c4ccc(C(F)(F)F)cc4)cn3)cc21. The number of benzene rings is 2. The van der Waals surface area contributed by atoms with E-state index in [2.05, 4.69) is 15.0 Å². The number of pyridine rings is 1. The monoisotopic (exact) mass is 595 g/mol. The summed E-state index contributed by atoms with van der Waals surface area (Å²) >= 11 is 0. The second-order valence-corrected chi connectivity index (χ2v) is 10.6. The van der Waals surface area contributed by atoms with E-state index in [0.717, 1.165) is 36.1 Å². The van der Waals surface area contributed by atoms with Crippen LogP contribution < -0.4 is 14.8 Å². The zero-order chi connectivity index (χ0) is 27.8. The van der Waals surface area contributed by atoms with Crippen LogP contribution in [0.4, 0.5) is 18.9 Å². The second kappa shape index (κ2) is 11.4. The smallest absolute Gasteiger partial charge is 0.416 e.